The van der Waals surface area contributed by atoms with E-state index >= 15 is 0 Å². The second-order valence-corrected chi connectivity index (χ2v) is 3.25. The van der Waals surface area contributed by atoms with Crippen LogP contribution in [0.15, 0.2) is 0 Å². The van der Waals surface area contributed by atoms with Gasteiger partial charge in [-0.2, -0.15) is 0 Å². The highest BCUT2D eigenvalue weighted by molar-refractivity contribution is 5.13. The molecule has 5 nitrogen and oxygen atoms in total. The molecule has 1 atom stereocenters. The zero-order valence-corrected chi connectivity index (χ0v) is 7.73. The molecule has 1 unspecified atom stereocenters. The molecule has 0 spiro atoms. The van der Waals surface area contributed by atoms with Crippen molar-refractivity contribution in [3.63, 3.8) is 0 Å². The summed E-state index contributed by atoms with van der Waals surface area (Å²) in [6.07, 6.45) is 2.31. The Kier molecular flexibility index (Phi) is 2.28. The monoisotopic (exact) mass is 182 g/mol. The third-order valence-corrected chi connectivity index (χ3v) is 2.37. The second-order valence-electron chi connectivity index (χ2n) is 3.25. The molecule has 1 aromatic rings. The summed E-state index contributed by atoms with van der Waals surface area (Å²) in [4.78, 5) is 0. The largest absolute Gasteiger partial charge is 0.372 e. The summed E-state index contributed by atoms with van der Waals surface area (Å²) in [5.41, 5.74) is 7.46. The summed E-state index contributed by atoms with van der Waals surface area (Å²) in [5.74, 6) is 0. The predicted molar refractivity (Wildman–Crippen MR) is 46.8 cm³/mol. The molecule has 0 amide bonds. The van der Waals surface area contributed by atoms with E-state index in [2.05, 4.69) is 10.3 Å². The SMILES string of the molecule is Cn1nnc(CN)c1C1CCCO1. The Bertz CT molecular complexity index is 290. The van der Waals surface area contributed by atoms with Crippen LogP contribution in [0, 0.1) is 0 Å². The molecule has 0 aromatic carbocycles. The summed E-state index contributed by atoms with van der Waals surface area (Å²) in [6, 6.07) is 0. The van der Waals surface area contributed by atoms with Gasteiger partial charge in [0.05, 0.1) is 5.69 Å². The normalized spacial score (nSPS) is 22.5. The first-order chi connectivity index (χ1) is 6.33. The van der Waals surface area contributed by atoms with Gasteiger partial charge in [0, 0.05) is 20.2 Å². The highest BCUT2D eigenvalue weighted by Gasteiger charge is 2.24. The lowest BCUT2D eigenvalue weighted by molar-refractivity contribution is 0.105. The second kappa shape index (κ2) is 3.43. The number of aryl methyl sites for hydroxylation is 1. The van der Waals surface area contributed by atoms with Crippen molar-refractivity contribution in [3.8, 4) is 0 Å². The molecule has 1 aliphatic rings. The van der Waals surface area contributed by atoms with Crippen LogP contribution in [0.5, 0.6) is 0 Å². The Hall–Kier alpha value is -0.940. The van der Waals surface area contributed by atoms with Crippen LogP contribution in [0.2, 0.25) is 0 Å². The standard InChI is InChI=1S/C8H14N4O/c1-12-8(6(5-9)10-11-12)7-3-2-4-13-7/h7H,2-5,9H2,1H3. The predicted octanol–water partition coefficient (Wildman–Crippen LogP) is 0.125. The van der Waals surface area contributed by atoms with Gasteiger partial charge in [-0.1, -0.05) is 5.21 Å². The van der Waals surface area contributed by atoms with Crippen LogP contribution in [0.25, 0.3) is 0 Å². The van der Waals surface area contributed by atoms with Crippen LogP contribution in [0.4, 0.5) is 0 Å². The van der Waals surface area contributed by atoms with Crippen molar-refractivity contribution in [2.75, 3.05) is 6.61 Å². The van der Waals surface area contributed by atoms with Crippen LogP contribution in [-0.4, -0.2) is 21.6 Å². The van der Waals surface area contributed by atoms with Crippen molar-refractivity contribution in [1.29, 1.82) is 0 Å². The van der Waals surface area contributed by atoms with E-state index in [9.17, 15) is 0 Å². The van der Waals surface area contributed by atoms with Crippen molar-refractivity contribution >= 4 is 0 Å². The summed E-state index contributed by atoms with van der Waals surface area (Å²) in [7, 11) is 1.88. The van der Waals surface area contributed by atoms with Gasteiger partial charge in [-0.25, -0.2) is 4.68 Å². The molecule has 1 saturated heterocycles. The van der Waals surface area contributed by atoms with Gasteiger partial charge in [0.1, 0.15) is 11.8 Å². The van der Waals surface area contributed by atoms with Crippen LogP contribution in [-0.2, 0) is 18.3 Å². The maximum Gasteiger partial charge on any atom is 0.102 e. The number of aromatic nitrogens is 3. The molecule has 0 radical (unpaired) electrons. The first-order valence-corrected chi connectivity index (χ1v) is 4.53. The lowest BCUT2D eigenvalue weighted by Crippen LogP contribution is -2.09. The number of nitrogens with two attached hydrogens (primary N) is 1. The molecule has 0 saturated carbocycles. The molecule has 1 aliphatic heterocycles. The van der Waals surface area contributed by atoms with Crippen molar-refractivity contribution in [2.24, 2.45) is 12.8 Å². The average molecular weight is 182 g/mol. The van der Waals surface area contributed by atoms with E-state index in [4.69, 9.17) is 10.5 Å². The molecule has 5 heteroatoms. The van der Waals surface area contributed by atoms with Crippen LogP contribution >= 0.6 is 0 Å². The van der Waals surface area contributed by atoms with Gasteiger partial charge in [-0.05, 0) is 12.8 Å². The van der Waals surface area contributed by atoms with E-state index in [-0.39, 0.29) is 6.10 Å². The molecule has 0 bridgehead atoms. The topological polar surface area (TPSA) is 66.0 Å². The quantitative estimate of drug-likeness (QED) is 0.705. The van der Waals surface area contributed by atoms with Gasteiger partial charge in [0.25, 0.3) is 0 Å². The van der Waals surface area contributed by atoms with Gasteiger partial charge in [-0.15, -0.1) is 5.10 Å². The molecule has 2 rings (SSSR count). The summed E-state index contributed by atoms with van der Waals surface area (Å²) < 4.78 is 7.33. The molecule has 1 aromatic heterocycles. The van der Waals surface area contributed by atoms with Crippen molar-refractivity contribution in [2.45, 2.75) is 25.5 Å². The third kappa shape index (κ3) is 1.45. The minimum Gasteiger partial charge on any atom is -0.372 e. The van der Waals surface area contributed by atoms with Crippen LogP contribution in [0.1, 0.15) is 30.3 Å². The van der Waals surface area contributed by atoms with Crippen LogP contribution in [0.3, 0.4) is 0 Å². The molecule has 72 valence electrons. The lowest BCUT2D eigenvalue weighted by Gasteiger charge is -2.10. The maximum absolute atomic E-state index is 5.56. The number of ether oxygens (including phenoxy) is 1. The number of hydrogen-bond acceptors (Lipinski definition) is 4. The van der Waals surface area contributed by atoms with E-state index in [1.807, 2.05) is 7.05 Å². The van der Waals surface area contributed by atoms with Crippen molar-refractivity contribution < 1.29 is 4.74 Å². The molecule has 2 N–H and O–H groups in total. The minimum absolute atomic E-state index is 0.151. The van der Waals surface area contributed by atoms with Crippen molar-refractivity contribution in [1.82, 2.24) is 15.0 Å². The average Bonchev–Trinajstić information content (AvgIpc) is 2.72. The van der Waals surface area contributed by atoms with E-state index in [1.165, 1.54) is 0 Å². The molecule has 1 fully saturated rings. The summed E-state index contributed by atoms with van der Waals surface area (Å²) in [6.45, 7) is 1.27. The van der Waals surface area contributed by atoms with Gasteiger partial charge >= 0.3 is 0 Å². The fourth-order valence-corrected chi connectivity index (χ4v) is 1.74. The summed E-state index contributed by atoms with van der Waals surface area (Å²) >= 11 is 0. The molecular weight excluding hydrogens is 168 g/mol. The van der Waals surface area contributed by atoms with E-state index in [1.54, 1.807) is 4.68 Å². The number of nitrogens with zero attached hydrogens (tertiary/aromatic N) is 3. The van der Waals surface area contributed by atoms with E-state index in [0.29, 0.717) is 6.54 Å². The fraction of sp³-hybridized carbons (Fsp3) is 0.750. The fourth-order valence-electron chi connectivity index (χ4n) is 1.74. The third-order valence-electron chi connectivity index (χ3n) is 2.37. The lowest BCUT2D eigenvalue weighted by atomic mass is 10.1. The Balaban J connectivity index is 2.30. The first kappa shape index (κ1) is 8.65. The Labute approximate surface area is 76.9 Å². The smallest absolute Gasteiger partial charge is 0.102 e. The highest BCUT2D eigenvalue weighted by atomic mass is 16.5. The van der Waals surface area contributed by atoms with Gasteiger partial charge in [0.15, 0.2) is 0 Å². The maximum atomic E-state index is 5.56. The zero-order valence-electron chi connectivity index (χ0n) is 7.73. The molecule has 0 aliphatic carbocycles. The van der Waals surface area contributed by atoms with Crippen molar-refractivity contribution in [3.05, 3.63) is 11.4 Å². The minimum atomic E-state index is 0.151. The Morgan fingerprint density at radius 3 is 3.15 bits per heavy atom. The van der Waals surface area contributed by atoms with Crippen LogP contribution < -0.4 is 5.73 Å². The first-order valence-electron chi connectivity index (χ1n) is 4.53. The van der Waals surface area contributed by atoms with Gasteiger partial charge < -0.3 is 10.5 Å². The zero-order chi connectivity index (χ0) is 9.26. The van der Waals surface area contributed by atoms with E-state index in [0.717, 1.165) is 30.8 Å². The Morgan fingerprint density at radius 2 is 2.54 bits per heavy atom. The molecule has 13 heavy (non-hydrogen) atoms. The van der Waals surface area contributed by atoms with Gasteiger partial charge in [0.2, 0.25) is 0 Å². The molecular formula is C8H14N4O. The summed E-state index contributed by atoms with van der Waals surface area (Å²) in [5, 5.41) is 7.93. The molecule has 2 heterocycles. The Morgan fingerprint density at radius 1 is 1.69 bits per heavy atom. The number of hydrogen-bond donors (Lipinski definition) is 1. The van der Waals surface area contributed by atoms with Gasteiger partial charge in [-0.3, -0.25) is 0 Å². The van der Waals surface area contributed by atoms with E-state index < -0.39 is 0 Å². The number of rotatable bonds is 2. The highest BCUT2D eigenvalue weighted by Crippen LogP contribution is 2.29.